The minimum Gasteiger partial charge on any atom is -0.454 e. The molecule has 8 heteroatoms. The molecule has 7 nitrogen and oxygen atoms in total. The molecule has 0 unspecified atom stereocenters. The van der Waals surface area contributed by atoms with Gasteiger partial charge in [-0.15, -0.1) is 5.10 Å². The van der Waals surface area contributed by atoms with Gasteiger partial charge in [-0.05, 0) is 69.2 Å². The summed E-state index contributed by atoms with van der Waals surface area (Å²) in [4.78, 5) is 17.1. The molecular formula is C23H21ClN4O3. The fourth-order valence-corrected chi connectivity index (χ4v) is 3.32. The molecule has 31 heavy (non-hydrogen) atoms. The lowest BCUT2D eigenvalue weighted by Gasteiger charge is -2.07. The van der Waals surface area contributed by atoms with Gasteiger partial charge < -0.3 is 9.15 Å². The van der Waals surface area contributed by atoms with Crippen LogP contribution in [0.2, 0.25) is 5.02 Å². The van der Waals surface area contributed by atoms with Crippen LogP contribution in [0.4, 0.5) is 0 Å². The van der Waals surface area contributed by atoms with Crippen molar-refractivity contribution >= 4 is 17.6 Å². The van der Waals surface area contributed by atoms with Crippen LogP contribution in [-0.4, -0.2) is 25.9 Å². The van der Waals surface area contributed by atoms with Gasteiger partial charge in [0, 0.05) is 10.6 Å². The molecule has 158 valence electrons. The highest BCUT2D eigenvalue weighted by atomic mass is 35.5. The minimum absolute atomic E-state index is 0.0370. The summed E-state index contributed by atoms with van der Waals surface area (Å²) in [7, 11) is 0. The van der Waals surface area contributed by atoms with Crippen molar-refractivity contribution in [2.24, 2.45) is 0 Å². The monoisotopic (exact) mass is 436 g/mol. The summed E-state index contributed by atoms with van der Waals surface area (Å²) in [6, 6.07) is 13.2. The van der Waals surface area contributed by atoms with E-state index >= 15 is 0 Å². The molecule has 2 aromatic heterocycles. The van der Waals surface area contributed by atoms with Crippen LogP contribution in [0, 0.1) is 27.7 Å². The van der Waals surface area contributed by atoms with Gasteiger partial charge in [0.1, 0.15) is 18.1 Å². The van der Waals surface area contributed by atoms with Gasteiger partial charge in [0.05, 0.1) is 11.4 Å². The maximum Gasteiger partial charge on any atom is 0.361 e. The number of ether oxygens (including phenoxy) is 1. The lowest BCUT2D eigenvalue weighted by atomic mass is 10.1. The molecule has 0 fully saturated rings. The predicted molar refractivity (Wildman–Crippen MR) is 116 cm³/mol. The number of oxazole rings is 1. The second kappa shape index (κ2) is 8.35. The second-order valence-corrected chi connectivity index (χ2v) is 7.75. The normalized spacial score (nSPS) is 11.0. The minimum atomic E-state index is -0.570. The highest BCUT2D eigenvalue weighted by molar-refractivity contribution is 6.30. The summed E-state index contributed by atoms with van der Waals surface area (Å²) in [6.07, 6.45) is 0. The summed E-state index contributed by atoms with van der Waals surface area (Å²) in [5.74, 6) is 0.417. The third-order valence-corrected chi connectivity index (χ3v) is 5.36. The quantitative estimate of drug-likeness (QED) is 0.401. The third-order valence-electron chi connectivity index (χ3n) is 5.13. The average molecular weight is 437 g/mol. The van der Waals surface area contributed by atoms with Crippen molar-refractivity contribution in [3.8, 4) is 17.1 Å². The number of carbonyl (C=O) groups is 1. The van der Waals surface area contributed by atoms with E-state index in [9.17, 15) is 4.79 Å². The van der Waals surface area contributed by atoms with Crippen molar-refractivity contribution in [1.29, 1.82) is 0 Å². The number of hydrogen-bond acceptors (Lipinski definition) is 6. The van der Waals surface area contributed by atoms with E-state index in [1.807, 2.05) is 44.2 Å². The van der Waals surface area contributed by atoms with Crippen LogP contribution < -0.4 is 0 Å². The van der Waals surface area contributed by atoms with Gasteiger partial charge in [0.15, 0.2) is 5.69 Å². The second-order valence-electron chi connectivity index (χ2n) is 7.31. The third kappa shape index (κ3) is 4.22. The molecule has 4 rings (SSSR count). The van der Waals surface area contributed by atoms with E-state index in [2.05, 4.69) is 15.3 Å². The van der Waals surface area contributed by atoms with Crippen molar-refractivity contribution < 1.29 is 13.9 Å². The molecule has 0 aliphatic heterocycles. The molecule has 0 amide bonds. The fraction of sp³-hybridized carbons (Fsp3) is 0.217. The zero-order chi connectivity index (χ0) is 22.1. The number of benzene rings is 2. The van der Waals surface area contributed by atoms with Crippen LogP contribution in [-0.2, 0) is 11.3 Å². The molecular weight excluding hydrogens is 416 g/mol. The summed E-state index contributed by atoms with van der Waals surface area (Å²) in [5, 5.41) is 8.73. The number of rotatable bonds is 5. The molecule has 0 saturated heterocycles. The maximum atomic E-state index is 12.6. The van der Waals surface area contributed by atoms with Crippen LogP contribution >= 0.6 is 11.6 Å². The Labute approximate surface area is 184 Å². The largest absolute Gasteiger partial charge is 0.454 e. The van der Waals surface area contributed by atoms with Crippen molar-refractivity contribution in [3.05, 3.63) is 81.5 Å². The van der Waals surface area contributed by atoms with Crippen molar-refractivity contribution in [2.45, 2.75) is 34.3 Å². The number of aromatic nitrogens is 4. The molecule has 0 saturated carbocycles. The molecule has 0 aliphatic rings. The number of aryl methyl sites for hydroxylation is 3. The number of halogens is 1. The number of carbonyl (C=O) groups excluding carboxylic acids is 1. The van der Waals surface area contributed by atoms with E-state index < -0.39 is 5.97 Å². The lowest BCUT2D eigenvalue weighted by molar-refractivity contribution is 0.0459. The SMILES string of the molecule is Cc1ccc(-n2nnc(C(=O)OCc3nc(-c4cccc(Cl)c4)oc3C)c2C)cc1C. The Bertz CT molecular complexity index is 1280. The average Bonchev–Trinajstić information content (AvgIpc) is 3.31. The topological polar surface area (TPSA) is 83.0 Å². The van der Waals surface area contributed by atoms with E-state index in [4.69, 9.17) is 20.8 Å². The summed E-state index contributed by atoms with van der Waals surface area (Å²) in [6.45, 7) is 7.58. The van der Waals surface area contributed by atoms with Crippen molar-refractivity contribution in [2.75, 3.05) is 0 Å². The molecule has 0 spiro atoms. The van der Waals surface area contributed by atoms with Crippen LogP contribution in [0.3, 0.4) is 0 Å². The van der Waals surface area contributed by atoms with Crippen LogP contribution in [0.25, 0.3) is 17.1 Å². The Morgan fingerprint density at radius 2 is 1.90 bits per heavy atom. The summed E-state index contributed by atoms with van der Waals surface area (Å²) in [5.41, 5.74) is 5.20. The Morgan fingerprint density at radius 1 is 1.10 bits per heavy atom. The first kappa shape index (κ1) is 20.8. The molecule has 0 radical (unpaired) electrons. The number of esters is 1. The number of hydrogen-bond donors (Lipinski definition) is 0. The van der Waals surface area contributed by atoms with Gasteiger partial charge >= 0.3 is 5.97 Å². The van der Waals surface area contributed by atoms with Gasteiger partial charge in [-0.2, -0.15) is 0 Å². The molecule has 0 bridgehead atoms. The summed E-state index contributed by atoms with van der Waals surface area (Å²) < 4.78 is 12.8. The maximum absolute atomic E-state index is 12.6. The molecule has 2 aromatic carbocycles. The Balaban J connectivity index is 1.50. The first-order valence-corrected chi connectivity index (χ1v) is 10.1. The lowest BCUT2D eigenvalue weighted by Crippen LogP contribution is -2.09. The van der Waals surface area contributed by atoms with Gasteiger partial charge in [-0.25, -0.2) is 14.5 Å². The van der Waals surface area contributed by atoms with E-state index in [1.54, 1.807) is 30.7 Å². The molecule has 4 aromatic rings. The van der Waals surface area contributed by atoms with Crippen molar-refractivity contribution in [3.63, 3.8) is 0 Å². The van der Waals surface area contributed by atoms with E-state index in [0.717, 1.165) is 16.8 Å². The number of nitrogens with zero attached hydrogens (tertiary/aromatic N) is 4. The Morgan fingerprint density at radius 3 is 2.65 bits per heavy atom. The molecule has 0 N–H and O–H groups in total. The zero-order valence-corrected chi connectivity index (χ0v) is 18.4. The summed E-state index contributed by atoms with van der Waals surface area (Å²) >= 11 is 6.04. The van der Waals surface area contributed by atoms with Crippen LogP contribution in [0.15, 0.2) is 46.9 Å². The smallest absolute Gasteiger partial charge is 0.361 e. The first-order valence-electron chi connectivity index (χ1n) is 9.73. The van der Waals surface area contributed by atoms with Gasteiger partial charge in [-0.1, -0.05) is 28.9 Å². The predicted octanol–water partition coefficient (Wildman–Crippen LogP) is 5.17. The standard InChI is InChI=1S/C23H21ClN4O3/c1-13-8-9-19(10-14(13)2)28-15(3)21(26-27-28)23(29)30-12-20-16(4)31-22(25-20)17-6-5-7-18(24)11-17/h5-11H,12H2,1-4H3. The van der Waals surface area contributed by atoms with E-state index in [0.29, 0.717) is 28.1 Å². The zero-order valence-electron chi connectivity index (χ0n) is 17.6. The molecule has 2 heterocycles. The highest BCUT2D eigenvalue weighted by Crippen LogP contribution is 2.25. The first-order chi connectivity index (χ1) is 14.8. The van der Waals surface area contributed by atoms with Crippen molar-refractivity contribution in [1.82, 2.24) is 20.0 Å². The Kier molecular flexibility index (Phi) is 5.61. The van der Waals surface area contributed by atoms with E-state index in [1.165, 1.54) is 5.56 Å². The van der Waals surface area contributed by atoms with E-state index in [-0.39, 0.29) is 12.3 Å². The van der Waals surface area contributed by atoms with Crippen LogP contribution in [0.5, 0.6) is 0 Å². The fourth-order valence-electron chi connectivity index (χ4n) is 3.13. The molecule has 0 aliphatic carbocycles. The van der Waals surface area contributed by atoms with Gasteiger partial charge in [0.25, 0.3) is 0 Å². The Hall–Kier alpha value is -3.45. The highest BCUT2D eigenvalue weighted by Gasteiger charge is 2.21. The molecule has 0 atom stereocenters. The van der Waals surface area contributed by atoms with Crippen LogP contribution in [0.1, 0.15) is 38.8 Å². The van der Waals surface area contributed by atoms with Gasteiger partial charge in [0.2, 0.25) is 5.89 Å². The van der Waals surface area contributed by atoms with Gasteiger partial charge in [-0.3, -0.25) is 0 Å².